The Labute approximate surface area is 142 Å². The summed E-state index contributed by atoms with van der Waals surface area (Å²) in [5.74, 6) is -1.51. The third kappa shape index (κ3) is 8.97. The van der Waals surface area contributed by atoms with Crippen molar-refractivity contribution in [3.05, 3.63) is 0 Å². The highest BCUT2D eigenvalue weighted by atomic mass is 16.5. The summed E-state index contributed by atoms with van der Waals surface area (Å²) >= 11 is 0. The molecular weight excluding hydrogens is 292 g/mol. The molecule has 0 amide bonds. The van der Waals surface area contributed by atoms with Crippen LogP contribution >= 0.6 is 0 Å². The lowest BCUT2D eigenvalue weighted by atomic mass is 9.82. The minimum atomic E-state index is -0.500. The van der Waals surface area contributed by atoms with E-state index in [2.05, 4.69) is 0 Å². The van der Waals surface area contributed by atoms with E-state index in [4.69, 9.17) is 9.47 Å². The number of rotatable bonds is 7. The van der Waals surface area contributed by atoms with Gasteiger partial charge >= 0.3 is 11.9 Å². The molecule has 0 aliphatic rings. The fraction of sp³-hybridized carbons (Fsp3) is 0.895. The first-order chi connectivity index (χ1) is 10.3. The largest absolute Gasteiger partial charge is 0.465 e. The average molecular weight is 328 g/mol. The molecule has 3 atom stereocenters. The molecule has 0 saturated heterocycles. The van der Waals surface area contributed by atoms with Gasteiger partial charge < -0.3 is 9.47 Å². The van der Waals surface area contributed by atoms with Gasteiger partial charge in [0.05, 0.1) is 25.0 Å². The molecule has 3 unspecified atom stereocenters. The van der Waals surface area contributed by atoms with Crippen LogP contribution in [0.5, 0.6) is 0 Å². The van der Waals surface area contributed by atoms with E-state index in [1.165, 1.54) is 0 Å². The van der Waals surface area contributed by atoms with Crippen molar-refractivity contribution in [2.45, 2.75) is 68.7 Å². The summed E-state index contributed by atoms with van der Waals surface area (Å²) in [7, 11) is 0. The minimum Gasteiger partial charge on any atom is -0.465 e. The van der Waals surface area contributed by atoms with Crippen molar-refractivity contribution in [3.8, 4) is 0 Å². The molecule has 0 bridgehead atoms. The standard InChI is InChI=1S/C19H36O4/c1-10-13(2)15(17(21)23-12-19(7,8)9)14(3)16(20)22-11-18(4,5)6/h13-15H,10-12H2,1-9H3. The van der Waals surface area contributed by atoms with Crippen LogP contribution in [0, 0.1) is 28.6 Å². The van der Waals surface area contributed by atoms with Crippen LogP contribution in [-0.4, -0.2) is 25.2 Å². The normalized spacial score (nSPS) is 16.4. The Bertz CT molecular complexity index is 387. The first-order valence-electron chi connectivity index (χ1n) is 8.62. The predicted octanol–water partition coefficient (Wildman–Crippen LogP) is 4.46. The molecule has 0 aliphatic carbocycles. The molecule has 0 heterocycles. The van der Waals surface area contributed by atoms with Crippen LogP contribution in [0.2, 0.25) is 0 Å². The first kappa shape index (κ1) is 21.9. The summed E-state index contributed by atoms with van der Waals surface area (Å²) in [6.45, 7) is 18.5. The lowest BCUT2D eigenvalue weighted by Gasteiger charge is -2.28. The Balaban J connectivity index is 4.94. The zero-order valence-corrected chi connectivity index (χ0v) is 16.5. The van der Waals surface area contributed by atoms with Gasteiger partial charge in [-0.25, -0.2) is 0 Å². The molecule has 0 spiro atoms. The quantitative estimate of drug-likeness (QED) is 0.647. The highest BCUT2D eigenvalue weighted by Gasteiger charge is 2.37. The summed E-state index contributed by atoms with van der Waals surface area (Å²) in [4.78, 5) is 24.8. The second kappa shape index (κ2) is 8.70. The molecule has 136 valence electrons. The molecular formula is C19H36O4. The smallest absolute Gasteiger partial charge is 0.310 e. The number of hydrogen-bond donors (Lipinski definition) is 0. The second-order valence-electron chi connectivity index (χ2n) is 9.04. The van der Waals surface area contributed by atoms with Crippen molar-refractivity contribution in [1.29, 1.82) is 0 Å². The Morgan fingerprint density at radius 2 is 1.22 bits per heavy atom. The number of carbonyl (C=O) groups is 2. The van der Waals surface area contributed by atoms with Crippen LogP contribution < -0.4 is 0 Å². The van der Waals surface area contributed by atoms with E-state index in [9.17, 15) is 9.59 Å². The van der Waals surface area contributed by atoms with Gasteiger partial charge in [0.2, 0.25) is 0 Å². The summed E-state index contributed by atoms with van der Waals surface area (Å²) in [6.07, 6.45) is 0.812. The molecule has 0 rings (SSSR count). The van der Waals surface area contributed by atoms with Crippen LogP contribution in [0.15, 0.2) is 0 Å². The first-order valence-corrected chi connectivity index (χ1v) is 8.62. The molecule has 0 N–H and O–H groups in total. The van der Waals surface area contributed by atoms with Crippen LogP contribution in [-0.2, 0) is 19.1 Å². The van der Waals surface area contributed by atoms with Gasteiger partial charge in [-0.1, -0.05) is 68.7 Å². The van der Waals surface area contributed by atoms with E-state index in [1.807, 2.05) is 55.4 Å². The zero-order valence-electron chi connectivity index (χ0n) is 16.5. The van der Waals surface area contributed by atoms with E-state index >= 15 is 0 Å². The summed E-state index contributed by atoms with van der Waals surface area (Å²) < 4.78 is 10.9. The molecule has 0 radical (unpaired) electrons. The fourth-order valence-electron chi connectivity index (χ4n) is 2.13. The topological polar surface area (TPSA) is 52.6 Å². The van der Waals surface area contributed by atoms with Gasteiger partial charge in [-0.05, 0) is 16.7 Å². The maximum Gasteiger partial charge on any atom is 0.310 e. The minimum absolute atomic E-state index is 0.0691. The van der Waals surface area contributed by atoms with Gasteiger partial charge in [0, 0.05) is 0 Å². The molecule has 4 heteroatoms. The number of esters is 2. The molecule has 0 fully saturated rings. The van der Waals surface area contributed by atoms with Gasteiger partial charge in [0.25, 0.3) is 0 Å². The van der Waals surface area contributed by atoms with Crippen LogP contribution in [0.1, 0.15) is 68.7 Å². The molecule has 0 aromatic heterocycles. The number of ether oxygens (including phenoxy) is 2. The molecule has 23 heavy (non-hydrogen) atoms. The van der Waals surface area contributed by atoms with Crippen molar-refractivity contribution in [1.82, 2.24) is 0 Å². The third-order valence-electron chi connectivity index (χ3n) is 3.73. The molecule has 0 saturated carbocycles. The highest BCUT2D eigenvalue weighted by Crippen LogP contribution is 2.28. The summed E-state index contributed by atoms with van der Waals surface area (Å²) in [6, 6.07) is 0. The Morgan fingerprint density at radius 3 is 1.57 bits per heavy atom. The second-order valence-corrected chi connectivity index (χ2v) is 9.04. The van der Waals surface area contributed by atoms with Gasteiger partial charge in [-0.15, -0.1) is 0 Å². The van der Waals surface area contributed by atoms with Gasteiger partial charge in [0.15, 0.2) is 0 Å². The Morgan fingerprint density at radius 1 is 0.826 bits per heavy atom. The SMILES string of the molecule is CCC(C)C(C(=O)OCC(C)(C)C)C(C)C(=O)OCC(C)(C)C. The summed E-state index contributed by atoms with van der Waals surface area (Å²) in [5.41, 5.74) is -0.181. The summed E-state index contributed by atoms with van der Waals surface area (Å²) in [5, 5.41) is 0. The highest BCUT2D eigenvalue weighted by molar-refractivity contribution is 5.82. The molecule has 0 aliphatic heterocycles. The zero-order chi connectivity index (χ0) is 18.4. The lowest BCUT2D eigenvalue weighted by molar-refractivity contribution is -0.165. The third-order valence-corrected chi connectivity index (χ3v) is 3.73. The molecule has 0 aromatic rings. The monoisotopic (exact) mass is 328 g/mol. The van der Waals surface area contributed by atoms with Gasteiger partial charge in [-0.3, -0.25) is 9.59 Å². The van der Waals surface area contributed by atoms with Crippen molar-refractivity contribution >= 4 is 11.9 Å². The van der Waals surface area contributed by atoms with Crippen molar-refractivity contribution in [2.24, 2.45) is 28.6 Å². The predicted molar refractivity (Wildman–Crippen MR) is 92.9 cm³/mol. The number of carbonyl (C=O) groups excluding carboxylic acids is 2. The van der Waals surface area contributed by atoms with Gasteiger partial charge in [0.1, 0.15) is 0 Å². The van der Waals surface area contributed by atoms with E-state index in [-0.39, 0.29) is 28.7 Å². The van der Waals surface area contributed by atoms with E-state index in [0.29, 0.717) is 13.2 Å². The lowest BCUT2D eigenvalue weighted by Crippen LogP contribution is -2.37. The van der Waals surface area contributed by atoms with Crippen molar-refractivity contribution in [3.63, 3.8) is 0 Å². The Kier molecular flexibility index (Phi) is 8.30. The molecule has 4 nitrogen and oxygen atoms in total. The van der Waals surface area contributed by atoms with E-state index in [0.717, 1.165) is 6.42 Å². The maximum atomic E-state index is 12.5. The Hall–Kier alpha value is -1.06. The molecule has 0 aromatic carbocycles. The van der Waals surface area contributed by atoms with Crippen LogP contribution in [0.4, 0.5) is 0 Å². The average Bonchev–Trinajstić information content (AvgIpc) is 2.40. The fourth-order valence-corrected chi connectivity index (χ4v) is 2.13. The van der Waals surface area contributed by atoms with E-state index < -0.39 is 11.8 Å². The van der Waals surface area contributed by atoms with Crippen LogP contribution in [0.3, 0.4) is 0 Å². The number of hydrogen-bond acceptors (Lipinski definition) is 4. The van der Waals surface area contributed by atoms with Crippen molar-refractivity contribution in [2.75, 3.05) is 13.2 Å². The van der Waals surface area contributed by atoms with E-state index in [1.54, 1.807) is 6.92 Å². The maximum absolute atomic E-state index is 12.5. The van der Waals surface area contributed by atoms with Crippen LogP contribution in [0.25, 0.3) is 0 Å². The van der Waals surface area contributed by atoms with Crippen molar-refractivity contribution < 1.29 is 19.1 Å². The van der Waals surface area contributed by atoms with Gasteiger partial charge in [-0.2, -0.15) is 0 Å².